The highest BCUT2D eigenvalue weighted by molar-refractivity contribution is 7.82. The van der Waals surface area contributed by atoms with Gasteiger partial charge in [-0.2, -0.15) is 0 Å². The van der Waals surface area contributed by atoms with Gasteiger partial charge in [0.1, 0.15) is 11.0 Å². The second-order valence-electron chi connectivity index (χ2n) is 8.52. The molecule has 1 saturated carbocycles. The van der Waals surface area contributed by atoms with Gasteiger partial charge in [-0.3, -0.25) is 9.52 Å². The van der Waals surface area contributed by atoms with Gasteiger partial charge in [0.05, 0.1) is 0 Å². The van der Waals surface area contributed by atoms with E-state index in [1.54, 1.807) is 0 Å². The van der Waals surface area contributed by atoms with Crippen molar-refractivity contribution in [3.05, 3.63) is 83.4 Å². The van der Waals surface area contributed by atoms with E-state index in [9.17, 15) is 9.00 Å². The van der Waals surface area contributed by atoms with Gasteiger partial charge < -0.3 is 5.32 Å². The molecule has 0 saturated heterocycles. The first kappa shape index (κ1) is 21.7. The van der Waals surface area contributed by atoms with Crippen LogP contribution in [0.1, 0.15) is 66.1 Å². The largest absolute Gasteiger partial charge is 0.307 e. The lowest BCUT2D eigenvalue weighted by molar-refractivity contribution is 0.0983. The Bertz CT molecular complexity index is 1070. The van der Waals surface area contributed by atoms with Crippen LogP contribution in [0, 0.1) is 0 Å². The third-order valence-electron chi connectivity index (χ3n) is 6.33. The normalized spacial score (nSPS) is 20.8. The van der Waals surface area contributed by atoms with Crippen LogP contribution >= 0.6 is 0 Å². The van der Waals surface area contributed by atoms with Crippen molar-refractivity contribution in [3.63, 3.8) is 0 Å². The lowest BCUT2D eigenvalue weighted by Gasteiger charge is -2.32. The van der Waals surface area contributed by atoms with Gasteiger partial charge in [0.25, 0.3) is 5.91 Å². The van der Waals surface area contributed by atoms with E-state index in [2.05, 4.69) is 71.6 Å². The quantitative estimate of drug-likeness (QED) is 0.558. The van der Waals surface area contributed by atoms with E-state index in [1.165, 1.54) is 47.4 Å². The Hall–Kier alpha value is -2.50. The van der Waals surface area contributed by atoms with Gasteiger partial charge in [-0.05, 0) is 66.1 Å². The highest BCUT2D eigenvalue weighted by Gasteiger charge is 2.25. The molecule has 0 radical (unpaired) electrons. The van der Waals surface area contributed by atoms with Crippen molar-refractivity contribution >= 4 is 27.7 Å². The van der Waals surface area contributed by atoms with Crippen LogP contribution < -0.4 is 10.0 Å². The number of carbonyl (C=O) groups is 1. The standard InChI is InChI=1S/C26H30N2O2S/c1-18(24-12-6-8-20-7-3-4-11-25(20)24)27-23-10-5-9-22(17-23)19-13-15-21(16-14-19)26(29)28-31(2)30/h3-4,6-8,11-16,18,22-23,27H,5,9-10,17H2,1-2H3,(H,28,29)/t18?,22-,23?,31?/m0/s1. The summed E-state index contributed by atoms with van der Waals surface area (Å²) in [6.07, 6.45) is 6.11. The zero-order valence-electron chi connectivity index (χ0n) is 18.1. The lowest BCUT2D eigenvalue weighted by Crippen LogP contribution is -2.35. The summed E-state index contributed by atoms with van der Waals surface area (Å²) in [5, 5.41) is 6.48. The first-order valence-electron chi connectivity index (χ1n) is 11.0. The molecule has 0 aliphatic heterocycles. The molecule has 1 aliphatic rings. The van der Waals surface area contributed by atoms with Gasteiger partial charge in [0, 0.05) is 23.9 Å². The zero-order valence-corrected chi connectivity index (χ0v) is 19.0. The number of rotatable bonds is 6. The molecular weight excluding hydrogens is 404 g/mol. The fraction of sp³-hybridized carbons (Fsp3) is 0.346. The van der Waals surface area contributed by atoms with Gasteiger partial charge in [-0.1, -0.05) is 61.0 Å². The highest BCUT2D eigenvalue weighted by Crippen LogP contribution is 2.34. The Balaban J connectivity index is 1.42. The minimum absolute atomic E-state index is 0.288. The minimum Gasteiger partial charge on any atom is -0.307 e. The number of benzene rings is 3. The first-order valence-corrected chi connectivity index (χ1v) is 12.5. The number of nitrogens with one attached hydrogen (secondary N) is 2. The Labute approximate surface area is 187 Å². The van der Waals surface area contributed by atoms with Gasteiger partial charge >= 0.3 is 0 Å². The molecule has 3 aromatic carbocycles. The molecule has 1 amide bonds. The molecular formula is C26H30N2O2S. The molecule has 3 aromatic rings. The maximum Gasteiger partial charge on any atom is 0.262 e. The van der Waals surface area contributed by atoms with E-state index in [0.29, 0.717) is 17.5 Å². The number of hydrogen-bond acceptors (Lipinski definition) is 3. The molecule has 0 heterocycles. The fourth-order valence-corrected chi connectivity index (χ4v) is 5.19. The Morgan fingerprint density at radius 3 is 2.52 bits per heavy atom. The molecule has 1 fully saturated rings. The van der Waals surface area contributed by atoms with Crippen molar-refractivity contribution < 1.29 is 9.00 Å². The van der Waals surface area contributed by atoms with Crippen LogP contribution in [-0.2, 0) is 11.0 Å². The molecule has 5 heteroatoms. The molecule has 31 heavy (non-hydrogen) atoms. The second-order valence-corrected chi connectivity index (χ2v) is 9.64. The van der Waals surface area contributed by atoms with Crippen LogP contribution in [0.4, 0.5) is 0 Å². The molecule has 3 unspecified atom stereocenters. The van der Waals surface area contributed by atoms with Gasteiger partial charge in [0.15, 0.2) is 0 Å². The molecule has 4 atom stereocenters. The number of carbonyl (C=O) groups excluding carboxylic acids is 1. The van der Waals surface area contributed by atoms with Gasteiger partial charge in [-0.15, -0.1) is 0 Å². The molecule has 0 spiro atoms. The maximum atomic E-state index is 12.0. The minimum atomic E-state index is -1.35. The molecule has 4 rings (SSSR count). The van der Waals surface area contributed by atoms with E-state index in [0.717, 1.165) is 6.42 Å². The fourth-order valence-electron chi connectivity index (χ4n) is 4.81. The van der Waals surface area contributed by atoms with Crippen LogP contribution in [0.25, 0.3) is 10.8 Å². The Morgan fingerprint density at radius 1 is 1.00 bits per heavy atom. The van der Waals surface area contributed by atoms with Crippen LogP contribution in [0.3, 0.4) is 0 Å². The van der Waals surface area contributed by atoms with Crippen molar-refractivity contribution in [3.8, 4) is 0 Å². The summed E-state index contributed by atoms with van der Waals surface area (Å²) in [7, 11) is -1.35. The monoisotopic (exact) mass is 434 g/mol. The van der Waals surface area contributed by atoms with E-state index in [-0.39, 0.29) is 11.9 Å². The summed E-state index contributed by atoms with van der Waals surface area (Å²) in [5.41, 5.74) is 3.18. The van der Waals surface area contributed by atoms with Gasteiger partial charge in [0.2, 0.25) is 0 Å². The molecule has 0 aromatic heterocycles. The SMILES string of the molecule is CC(NC1CCC[C@H](c2ccc(C(=O)NS(C)=O)cc2)C1)c1cccc2ccccc12. The summed E-state index contributed by atoms with van der Waals surface area (Å²) in [4.78, 5) is 12.0. The summed E-state index contributed by atoms with van der Waals surface area (Å²) in [6.45, 7) is 2.26. The van der Waals surface area contributed by atoms with Crippen LogP contribution in [0.2, 0.25) is 0 Å². The highest BCUT2D eigenvalue weighted by atomic mass is 32.2. The third kappa shape index (κ3) is 5.23. The Kier molecular flexibility index (Phi) is 6.83. The average Bonchev–Trinajstić information content (AvgIpc) is 2.78. The summed E-state index contributed by atoms with van der Waals surface area (Å²) in [5.74, 6) is 0.197. The zero-order chi connectivity index (χ0) is 21.8. The summed E-state index contributed by atoms with van der Waals surface area (Å²) < 4.78 is 13.7. The topological polar surface area (TPSA) is 58.2 Å². The van der Waals surface area contributed by atoms with Crippen molar-refractivity contribution in [2.45, 2.75) is 50.6 Å². The predicted octanol–water partition coefficient (Wildman–Crippen LogP) is 5.24. The van der Waals surface area contributed by atoms with Crippen LogP contribution in [0.5, 0.6) is 0 Å². The average molecular weight is 435 g/mol. The molecule has 0 bridgehead atoms. The second kappa shape index (κ2) is 9.75. The van der Waals surface area contributed by atoms with Crippen molar-refractivity contribution in [1.29, 1.82) is 0 Å². The smallest absolute Gasteiger partial charge is 0.262 e. The van der Waals surface area contributed by atoms with Crippen molar-refractivity contribution in [2.75, 3.05) is 6.26 Å². The number of fused-ring (bicyclic) bond motifs is 1. The van der Waals surface area contributed by atoms with Crippen LogP contribution in [-0.4, -0.2) is 22.4 Å². The molecule has 162 valence electrons. The third-order valence-corrected chi connectivity index (χ3v) is 6.80. The molecule has 4 nitrogen and oxygen atoms in total. The molecule has 2 N–H and O–H groups in total. The van der Waals surface area contributed by atoms with Gasteiger partial charge in [-0.25, -0.2) is 4.21 Å². The van der Waals surface area contributed by atoms with Crippen molar-refractivity contribution in [2.24, 2.45) is 0 Å². The number of hydrogen-bond donors (Lipinski definition) is 2. The first-order chi connectivity index (χ1) is 15.0. The predicted molar refractivity (Wildman–Crippen MR) is 128 cm³/mol. The van der Waals surface area contributed by atoms with E-state index >= 15 is 0 Å². The Morgan fingerprint density at radius 2 is 1.74 bits per heavy atom. The number of amides is 1. The van der Waals surface area contributed by atoms with E-state index in [1.807, 2.05) is 12.1 Å². The lowest BCUT2D eigenvalue weighted by atomic mass is 9.80. The summed E-state index contributed by atoms with van der Waals surface area (Å²) in [6, 6.07) is 23.7. The maximum absolute atomic E-state index is 12.0. The van der Waals surface area contributed by atoms with E-state index in [4.69, 9.17) is 0 Å². The van der Waals surface area contributed by atoms with E-state index < -0.39 is 11.0 Å². The molecule has 1 aliphatic carbocycles. The van der Waals surface area contributed by atoms with Crippen molar-refractivity contribution in [1.82, 2.24) is 10.0 Å². The summed E-state index contributed by atoms with van der Waals surface area (Å²) >= 11 is 0. The van der Waals surface area contributed by atoms with Crippen LogP contribution in [0.15, 0.2) is 66.7 Å².